The van der Waals surface area contributed by atoms with Crippen molar-refractivity contribution in [1.29, 1.82) is 0 Å². The van der Waals surface area contributed by atoms with Gasteiger partial charge in [0.05, 0.1) is 25.4 Å². The van der Waals surface area contributed by atoms with Crippen LogP contribution in [0.25, 0.3) is 0 Å². The topological polar surface area (TPSA) is 184 Å². The maximum absolute atomic E-state index is 12.9. The molecule has 1 aromatic carbocycles. The fraction of sp³-hybridized carbons (Fsp3) is 0.774. The number of hydrogen-bond acceptors (Lipinski definition) is 10. The van der Waals surface area contributed by atoms with E-state index in [2.05, 4.69) is 17.1 Å². The van der Waals surface area contributed by atoms with Crippen LogP contribution >= 0.6 is 0 Å². The number of nitrogens with one attached hydrogen (secondary N) is 1. The van der Waals surface area contributed by atoms with E-state index in [0.717, 1.165) is 25.7 Å². The zero-order valence-electron chi connectivity index (χ0n) is 25.1. The van der Waals surface area contributed by atoms with Gasteiger partial charge in [0.15, 0.2) is 6.29 Å². The minimum atomic E-state index is -1.51. The fourth-order valence-electron chi connectivity index (χ4n) is 5.25. The van der Waals surface area contributed by atoms with Gasteiger partial charge in [0.1, 0.15) is 30.5 Å². The molecule has 11 heteroatoms. The van der Waals surface area contributed by atoms with E-state index < -0.39 is 61.5 Å². The second kappa shape index (κ2) is 21.1. The van der Waals surface area contributed by atoms with E-state index in [-0.39, 0.29) is 6.61 Å². The maximum atomic E-state index is 12.9. The number of aliphatic hydroxyl groups is 5. The highest BCUT2D eigenvalue weighted by molar-refractivity contribution is 5.94. The molecule has 1 saturated heterocycles. The number of hydrogen-bond donors (Lipinski definition) is 7. The molecule has 2 rings (SSSR count). The Labute approximate surface area is 250 Å². The molecule has 8 unspecified atom stereocenters. The van der Waals surface area contributed by atoms with Gasteiger partial charge in [0, 0.05) is 5.56 Å². The van der Waals surface area contributed by atoms with Crippen molar-refractivity contribution in [2.24, 2.45) is 5.90 Å². The SMILES string of the molecule is CCCCCCCCCCCCCCC(O)C(O)C(COC1OC(CO)C(O)C(ON)C1O)NC(=O)c1ccccc1. The molecule has 0 aliphatic carbocycles. The van der Waals surface area contributed by atoms with Gasteiger partial charge in [0.25, 0.3) is 5.91 Å². The van der Waals surface area contributed by atoms with Crippen LogP contribution < -0.4 is 11.2 Å². The summed E-state index contributed by atoms with van der Waals surface area (Å²) in [5.74, 6) is 4.74. The van der Waals surface area contributed by atoms with Crippen LogP contribution in [-0.4, -0.2) is 93.6 Å². The number of amides is 1. The van der Waals surface area contributed by atoms with Gasteiger partial charge in [-0.25, -0.2) is 5.90 Å². The van der Waals surface area contributed by atoms with Crippen molar-refractivity contribution < 1.29 is 44.6 Å². The fourth-order valence-corrected chi connectivity index (χ4v) is 5.25. The molecule has 1 fully saturated rings. The minimum absolute atomic E-state index is 0.345. The first-order valence-corrected chi connectivity index (χ1v) is 15.7. The molecular weight excluding hydrogens is 544 g/mol. The minimum Gasteiger partial charge on any atom is -0.394 e. The highest BCUT2D eigenvalue weighted by Crippen LogP contribution is 2.24. The van der Waals surface area contributed by atoms with Crippen molar-refractivity contribution in [2.45, 2.75) is 139 Å². The lowest BCUT2D eigenvalue weighted by Gasteiger charge is -2.41. The highest BCUT2D eigenvalue weighted by Gasteiger charge is 2.46. The standard InChI is InChI=1S/C31H54N2O9/c1-2-3-4-5-6-7-8-9-10-11-12-16-19-24(35)26(36)23(33-30(39)22-17-14-13-15-18-22)21-40-31-28(38)29(42-32)27(37)25(20-34)41-31/h13-15,17-18,23-29,31,34-38H,2-12,16,19-21,32H2,1H3,(H,33,39). The van der Waals surface area contributed by atoms with E-state index in [1.165, 1.54) is 51.4 Å². The van der Waals surface area contributed by atoms with Crippen LogP contribution in [0.1, 0.15) is 101 Å². The molecule has 0 spiro atoms. The Bertz CT molecular complexity index is 834. The van der Waals surface area contributed by atoms with Crippen molar-refractivity contribution in [2.75, 3.05) is 13.2 Å². The number of aliphatic hydroxyl groups excluding tert-OH is 5. The van der Waals surface area contributed by atoms with Gasteiger partial charge in [0.2, 0.25) is 0 Å². The Morgan fingerprint density at radius 3 is 2.05 bits per heavy atom. The summed E-state index contributed by atoms with van der Waals surface area (Å²) < 4.78 is 11.1. The Balaban J connectivity index is 1.86. The van der Waals surface area contributed by atoms with Gasteiger partial charge in [-0.3, -0.25) is 9.63 Å². The molecule has 8 N–H and O–H groups in total. The summed E-state index contributed by atoms with van der Waals surface area (Å²) in [7, 11) is 0. The average molecular weight is 599 g/mol. The molecule has 1 aromatic rings. The van der Waals surface area contributed by atoms with Gasteiger partial charge in [-0.05, 0) is 18.6 Å². The van der Waals surface area contributed by atoms with E-state index >= 15 is 0 Å². The van der Waals surface area contributed by atoms with E-state index in [9.17, 15) is 30.3 Å². The third-order valence-electron chi connectivity index (χ3n) is 7.93. The molecule has 0 saturated carbocycles. The summed E-state index contributed by atoms with van der Waals surface area (Å²) >= 11 is 0. The van der Waals surface area contributed by atoms with Gasteiger partial charge in [-0.15, -0.1) is 0 Å². The Kier molecular flexibility index (Phi) is 18.3. The molecule has 1 aliphatic rings. The normalized spacial score (nSPS) is 24.7. The molecule has 1 amide bonds. The molecule has 0 aromatic heterocycles. The number of ether oxygens (including phenoxy) is 2. The second-order valence-corrected chi connectivity index (χ2v) is 11.3. The Hall–Kier alpha value is -1.67. The van der Waals surface area contributed by atoms with Crippen LogP contribution in [0.3, 0.4) is 0 Å². The lowest BCUT2D eigenvalue weighted by atomic mass is 9.98. The summed E-state index contributed by atoms with van der Waals surface area (Å²) in [6.07, 6.45) is 5.35. The Morgan fingerprint density at radius 2 is 1.50 bits per heavy atom. The van der Waals surface area contributed by atoms with Crippen LogP contribution in [0.4, 0.5) is 0 Å². The van der Waals surface area contributed by atoms with E-state index in [1.54, 1.807) is 30.3 Å². The molecule has 242 valence electrons. The summed E-state index contributed by atoms with van der Waals surface area (Å²) in [5, 5.41) is 54.7. The van der Waals surface area contributed by atoms with Gasteiger partial charge in [-0.2, -0.15) is 0 Å². The van der Waals surface area contributed by atoms with E-state index in [1.807, 2.05) is 0 Å². The number of nitrogens with two attached hydrogens (primary N) is 1. The van der Waals surface area contributed by atoms with Gasteiger partial charge >= 0.3 is 0 Å². The van der Waals surface area contributed by atoms with Crippen LogP contribution in [0.15, 0.2) is 30.3 Å². The zero-order valence-corrected chi connectivity index (χ0v) is 25.1. The average Bonchev–Trinajstić information content (AvgIpc) is 3.00. The predicted molar refractivity (Wildman–Crippen MR) is 158 cm³/mol. The van der Waals surface area contributed by atoms with Crippen molar-refractivity contribution >= 4 is 5.91 Å². The second-order valence-electron chi connectivity index (χ2n) is 11.3. The summed E-state index contributed by atoms with van der Waals surface area (Å²) in [5.41, 5.74) is 0.360. The highest BCUT2D eigenvalue weighted by atomic mass is 16.7. The molecule has 1 heterocycles. The number of carbonyl (C=O) groups is 1. The lowest BCUT2D eigenvalue weighted by molar-refractivity contribution is -0.310. The number of carbonyl (C=O) groups excluding carboxylic acids is 1. The first kappa shape index (κ1) is 36.5. The van der Waals surface area contributed by atoms with Crippen molar-refractivity contribution in [3.8, 4) is 0 Å². The van der Waals surface area contributed by atoms with Crippen molar-refractivity contribution in [3.63, 3.8) is 0 Å². The monoisotopic (exact) mass is 598 g/mol. The first-order valence-electron chi connectivity index (χ1n) is 15.7. The van der Waals surface area contributed by atoms with Crippen LogP contribution in [0.5, 0.6) is 0 Å². The van der Waals surface area contributed by atoms with Crippen molar-refractivity contribution in [1.82, 2.24) is 5.32 Å². The molecule has 1 aliphatic heterocycles. The predicted octanol–water partition coefficient (Wildman–Crippen LogP) is 2.31. The quantitative estimate of drug-likeness (QED) is 0.0772. The van der Waals surface area contributed by atoms with Crippen LogP contribution in [-0.2, 0) is 14.3 Å². The maximum Gasteiger partial charge on any atom is 0.251 e. The smallest absolute Gasteiger partial charge is 0.251 e. The van der Waals surface area contributed by atoms with Gasteiger partial charge in [-0.1, -0.05) is 102 Å². The molecular formula is C31H54N2O9. The summed E-state index contributed by atoms with van der Waals surface area (Å²) in [6, 6.07) is 7.36. The molecule has 0 radical (unpaired) electrons. The van der Waals surface area contributed by atoms with E-state index in [0.29, 0.717) is 12.0 Å². The first-order chi connectivity index (χ1) is 20.3. The third-order valence-corrected chi connectivity index (χ3v) is 7.93. The molecule has 42 heavy (non-hydrogen) atoms. The molecule has 11 nitrogen and oxygen atoms in total. The van der Waals surface area contributed by atoms with Crippen molar-refractivity contribution in [3.05, 3.63) is 35.9 Å². The summed E-state index contributed by atoms with van der Waals surface area (Å²) in [6.45, 7) is 1.30. The largest absolute Gasteiger partial charge is 0.394 e. The zero-order chi connectivity index (χ0) is 30.7. The van der Waals surface area contributed by atoms with E-state index in [4.69, 9.17) is 15.4 Å². The molecule has 0 bridgehead atoms. The van der Waals surface area contributed by atoms with Crippen LogP contribution in [0, 0.1) is 0 Å². The van der Waals surface area contributed by atoms with Crippen LogP contribution in [0.2, 0.25) is 0 Å². The number of rotatable bonds is 22. The summed E-state index contributed by atoms with van der Waals surface area (Å²) in [4.78, 5) is 17.5. The number of benzene rings is 1. The third kappa shape index (κ3) is 12.5. The lowest BCUT2D eigenvalue weighted by Crippen LogP contribution is -2.61. The number of unbranched alkanes of at least 4 members (excludes halogenated alkanes) is 11. The van der Waals surface area contributed by atoms with Gasteiger partial charge < -0.3 is 40.3 Å². The Morgan fingerprint density at radius 1 is 0.929 bits per heavy atom. The molecule has 8 atom stereocenters.